The molecule has 1 rings (SSSR count). The molecule has 0 spiro atoms. The molecule has 3 nitrogen and oxygen atoms in total. The second-order valence-corrected chi connectivity index (χ2v) is 3.31. The van der Waals surface area contributed by atoms with E-state index in [1.165, 1.54) is 6.08 Å². The van der Waals surface area contributed by atoms with Crippen LogP contribution in [-0.4, -0.2) is 11.1 Å². The molecule has 3 heteroatoms. The fourth-order valence-electron chi connectivity index (χ4n) is 1.44. The number of nitriles is 1. The molecule has 0 bridgehead atoms. The molecule has 0 aliphatic rings. The lowest BCUT2D eigenvalue weighted by Gasteiger charge is -2.03. The predicted molar refractivity (Wildman–Crippen MR) is 57.3 cm³/mol. The van der Waals surface area contributed by atoms with Crippen molar-refractivity contribution in [2.45, 2.75) is 13.8 Å². The Morgan fingerprint density at radius 3 is 2.33 bits per heavy atom. The van der Waals surface area contributed by atoms with Gasteiger partial charge in [0.2, 0.25) is 0 Å². The van der Waals surface area contributed by atoms with Gasteiger partial charge in [-0.15, -0.1) is 0 Å². The number of benzene rings is 1. The molecule has 0 saturated carbocycles. The van der Waals surface area contributed by atoms with Crippen LogP contribution in [0, 0.1) is 25.2 Å². The summed E-state index contributed by atoms with van der Waals surface area (Å²) >= 11 is 0. The molecule has 0 heterocycles. The van der Waals surface area contributed by atoms with Crippen molar-refractivity contribution in [1.82, 2.24) is 0 Å². The monoisotopic (exact) mass is 201 g/mol. The Hall–Kier alpha value is -2.08. The molecular weight excluding hydrogens is 190 g/mol. The third-order valence-corrected chi connectivity index (χ3v) is 2.09. The largest absolute Gasteiger partial charge is 0.478 e. The lowest BCUT2D eigenvalue weighted by atomic mass is 10.00. The lowest BCUT2D eigenvalue weighted by molar-refractivity contribution is -0.131. The molecule has 1 aromatic rings. The molecule has 76 valence electrons. The maximum absolute atomic E-state index is 10.3. The first-order chi connectivity index (χ1) is 7.04. The van der Waals surface area contributed by atoms with Crippen molar-refractivity contribution in [1.29, 1.82) is 5.26 Å². The summed E-state index contributed by atoms with van der Waals surface area (Å²) in [6, 6.07) is 5.71. The average molecular weight is 201 g/mol. The number of carboxylic acids is 1. The predicted octanol–water partition coefficient (Wildman–Crippen LogP) is 2.27. The molecule has 0 atom stereocenters. The zero-order valence-corrected chi connectivity index (χ0v) is 8.61. The summed E-state index contributed by atoms with van der Waals surface area (Å²) in [7, 11) is 0. The number of rotatable bonds is 2. The van der Waals surface area contributed by atoms with Crippen molar-refractivity contribution in [2.24, 2.45) is 0 Å². The van der Waals surface area contributed by atoms with Gasteiger partial charge in [-0.3, -0.25) is 0 Å². The quantitative estimate of drug-likeness (QED) is 0.746. The summed E-state index contributed by atoms with van der Waals surface area (Å²) in [6.07, 6.45) is 2.60. The van der Waals surface area contributed by atoms with Gasteiger partial charge in [0.1, 0.15) is 0 Å². The smallest absolute Gasteiger partial charge is 0.328 e. The van der Waals surface area contributed by atoms with Gasteiger partial charge >= 0.3 is 5.97 Å². The number of hydrogen-bond acceptors (Lipinski definition) is 2. The van der Waals surface area contributed by atoms with Crippen LogP contribution >= 0.6 is 0 Å². The van der Waals surface area contributed by atoms with Crippen LogP contribution in [0.15, 0.2) is 18.2 Å². The van der Waals surface area contributed by atoms with Gasteiger partial charge in [-0.2, -0.15) is 5.26 Å². The molecule has 0 aliphatic carbocycles. The van der Waals surface area contributed by atoms with Crippen molar-refractivity contribution in [3.63, 3.8) is 0 Å². The van der Waals surface area contributed by atoms with Crippen LogP contribution in [0.5, 0.6) is 0 Å². The lowest BCUT2D eigenvalue weighted by Crippen LogP contribution is -1.90. The van der Waals surface area contributed by atoms with Gasteiger partial charge in [0.25, 0.3) is 0 Å². The summed E-state index contributed by atoms with van der Waals surface area (Å²) in [5.74, 6) is -0.977. The van der Waals surface area contributed by atoms with Crippen molar-refractivity contribution in [3.8, 4) is 6.07 Å². The van der Waals surface area contributed by atoms with E-state index in [2.05, 4.69) is 6.07 Å². The zero-order valence-electron chi connectivity index (χ0n) is 8.61. The molecule has 0 fully saturated rings. The van der Waals surface area contributed by atoms with Gasteiger partial charge in [0.15, 0.2) is 0 Å². The Morgan fingerprint density at radius 1 is 1.40 bits per heavy atom. The molecule has 0 saturated heterocycles. The number of aryl methyl sites for hydroxylation is 2. The molecule has 1 N–H and O–H groups in total. The standard InChI is InChI=1S/C12H11NO2/c1-8-5-10(3-4-12(14)15)6-9(2)11(8)7-13/h3-6H,1-2H3,(H,14,15)/b4-3+. The minimum absolute atomic E-state index is 0.655. The second kappa shape index (κ2) is 4.43. The van der Waals surface area contributed by atoms with E-state index in [0.717, 1.165) is 22.8 Å². The van der Waals surface area contributed by atoms with E-state index in [1.54, 1.807) is 12.1 Å². The first-order valence-electron chi connectivity index (χ1n) is 4.47. The summed E-state index contributed by atoms with van der Waals surface area (Å²) < 4.78 is 0. The molecule has 0 aromatic heterocycles. The fraction of sp³-hybridized carbons (Fsp3) is 0.167. The summed E-state index contributed by atoms with van der Waals surface area (Å²) in [5.41, 5.74) is 3.18. The van der Waals surface area contributed by atoms with E-state index in [9.17, 15) is 4.79 Å². The normalized spacial score (nSPS) is 10.2. The van der Waals surface area contributed by atoms with Crippen molar-refractivity contribution < 1.29 is 9.90 Å². The zero-order chi connectivity index (χ0) is 11.4. The molecule has 0 unspecified atom stereocenters. The van der Waals surface area contributed by atoms with E-state index >= 15 is 0 Å². The number of hydrogen-bond donors (Lipinski definition) is 1. The first kappa shape index (κ1) is 11.0. The van der Waals surface area contributed by atoms with Crippen LogP contribution in [0.1, 0.15) is 22.3 Å². The van der Waals surface area contributed by atoms with Gasteiger partial charge in [0, 0.05) is 6.08 Å². The molecule has 0 amide bonds. The van der Waals surface area contributed by atoms with E-state index in [1.807, 2.05) is 13.8 Å². The van der Waals surface area contributed by atoms with Gasteiger partial charge in [0.05, 0.1) is 11.6 Å². The highest BCUT2D eigenvalue weighted by atomic mass is 16.4. The van der Waals surface area contributed by atoms with E-state index < -0.39 is 5.97 Å². The number of aliphatic carboxylic acids is 1. The Kier molecular flexibility index (Phi) is 3.25. The molecule has 0 aliphatic heterocycles. The van der Waals surface area contributed by atoms with Gasteiger partial charge < -0.3 is 5.11 Å². The summed E-state index contributed by atoms with van der Waals surface area (Å²) in [5, 5.41) is 17.3. The maximum Gasteiger partial charge on any atom is 0.328 e. The maximum atomic E-state index is 10.3. The Balaban J connectivity index is 3.16. The third-order valence-electron chi connectivity index (χ3n) is 2.09. The van der Waals surface area contributed by atoms with Crippen LogP contribution < -0.4 is 0 Å². The highest BCUT2D eigenvalue weighted by molar-refractivity contribution is 5.85. The molecule has 0 radical (unpaired) electrons. The van der Waals surface area contributed by atoms with Crippen molar-refractivity contribution in [2.75, 3.05) is 0 Å². The van der Waals surface area contributed by atoms with Crippen LogP contribution in [-0.2, 0) is 4.79 Å². The topological polar surface area (TPSA) is 61.1 Å². The summed E-state index contributed by atoms with van der Waals surface area (Å²) in [4.78, 5) is 10.3. The van der Waals surface area contributed by atoms with E-state index in [0.29, 0.717) is 5.56 Å². The molecule has 1 aromatic carbocycles. The van der Waals surface area contributed by atoms with Crippen LogP contribution in [0.25, 0.3) is 6.08 Å². The Morgan fingerprint density at radius 2 is 1.93 bits per heavy atom. The number of carbonyl (C=O) groups is 1. The molecule has 15 heavy (non-hydrogen) atoms. The van der Waals surface area contributed by atoms with E-state index in [-0.39, 0.29) is 0 Å². The number of carboxylic acid groups (broad SMARTS) is 1. The number of nitrogens with zero attached hydrogens (tertiary/aromatic N) is 1. The minimum Gasteiger partial charge on any atom is -0.478 e. The summed E-state index contributed by atoms with van der Waals surface area (Å²) in [6.45, 7) is 3.67. The Bertz CT molecular complexity index is 444. The van der Waals surface area contributed by atoms with Crippen molar-refractivity contribution >= 4 is 12.0 Å². The van der Waals surface area contributed by atoms with Crippen molar-refractivity contribution in [3.05, 3.63) is 40.5 Å². The fourth-order valence-corrected chi connectivity index (χ4v) is 1.44. The molecular formula is C12H11NO2. The van der Waals surface area contributed by atoms with Crippen LogP contribution in [0.2, 0.25) is 0 Å². The second-order valence-electron chi connectivity index (χ2n) is 3.31. The first-order valence-corrected chi connectivity index (χ1v) is 4.47. The third kappa shape index (κ3) is 2.68. The Labute approximate surface area is 88.3 Å². The average Bonchev–Trinajstić information content (AvgIpc) is 2.14. The van der Waals surface area contributed by atoms with Gasteiger partial charge in [-0.1, -0.05) is 12.1 Å². The SMILES string of the molecule is Cc1cc(/C=C/C(=O)O)cc(C)c1C#N. The van der Waals surface area contributed by atoms with E-state index in [4.69, 9.17) is 10.4 Å². The van der Waals surface area contributed by atoms with Crippen LogP contribution in [0.3, 0.4) is 0 Å². The van der Waals surface area contributed by atoms with Gasteiger partial charge in [-0.25, -0.2) is 4.79 Å². The highest BCUT2D eigenvalue weighted by Gasteiger charge is 2.02. The highest BCUT2D eigenvalue weighted by Crippen LogP contribution is 2.16. The van der Waals surface area contributed by atoms with Crippen LogP contribution in [0.4, 0.5) is 0 Å². The minimum atomic E-state index is -0.977. The van der Waals surface area contributed by atoms with Gasteiger partial charge in [-0.05, 0) is 36.6 Å².